The van der Waals surface area contributed by atoms with E-state index in [0.29, 0.717) is 12.8 Å². The third kappa shape index (κ3) is 3.14. The molecule has 1 N–H and O–H groups in total. The molecule has 1 fully saturated rings. The van der Waals surface area contributed by atoms with Crippen LogP contribution in [0.25, 0.3) is 0 Å². The van der Waals surface area contributed by atoms with E-state index in [0.717, 1.165) is 35.3 Å². The maximum atomic E-state index is 13.0. The Morgan fingerprint density at radius 3 is 2.55 bits per heavy atom. The molecule has 112 valence electrons. The van der Waals surface area contributed by atoms with Gasteiger partial charge in [0.15, 0.2) is 0 Å². The van der Waals surface area contributed by atoms with Gasteiger partial charge >= 0.3 is 0 Å². The lowest BCUT2D eigenvalue weighted by atomic mass is 10.0. The first kappa shape index (κ1) is 15.7. The summed E-state index contributed by atoms with van der Waals surface area (Å²) in [5.41, 5.74) is -0.978. The van der Waals surface area contributed by atoms with Crippen molar-refractivity contribution in [3.63, 3.8) is 0 Å². The zero-order valence-corrected chi connectivity index (χ0v) is 12.7. The van der Waals surface area contributed by atoms with Gasteiger partial charge in [0.25, 0.3) is 0 Å². The summed E-state index contributed by atoms with van der Waals surface area (Å²) in [6.45, 7) is 0.0169. The Bertz CT molecular complexity index is 600. The molecule has 2 rings (SSSR count). The number of halogens is 2. The molecule has 20 heavy (non-hydrogen) atoms. The van der Waals surface area contributed by atoms with Crippen LogP contribution in [0, 0.1) is 5.82 Å². The van der Waals surface area contributed by atoms with Crippen LogP contribution < -0.4 is 0 Å². The molecule has 0 amide bonds. The maximum absolute atomic E-state index is 13.0. The molecule has 0 heterocycles. The lowest BCUT2D eigenvalue weighted by Gasteiger charge is -2.28. The first-order chi connectivity index (χ1) is 9.24. The Morgan fingerprint density at radius 1 is 1.40 bits per heavy atom. The fraction of sp³-hybridized carbons (Fsp3) is 0.538. The number of rotatable bonds is 4. The van der Waals surface area contributed by atoms with Gasteiger partial charge in [-0.05, 0) is 31.0 Å². The minimum Gasteiger partial charge on any atom is -0.389 e. The number of likely N-dealkylation sites (N-methyl/N-ethyl adjacent to an activating group) is 1. The zero-order valence-electron chi connectivity index (χ0n) is 11.1. The van der Waals surface area contributed by atoms with Crippen molar-refractivity contribution >= 4 is 21.6 Å². The zero-order chi connectivity index (χ0) is 15.0. The van der Waals surface area contributed by atoms with Crippen molar-refractivity contribution in [3.8, 4) is 0 Å². The molecular weight excluding hydrogens is 305 g/mol. The molecule has 1 aromatic carbocycles. The van der Waals surface area contributed by atoms with E-state index in [2.05, 4.69) is 0 Å². The van der Waals surface area contributed by atoms with E-state index in [-0.39, 0.29) is 16.5 Å². The van der Waals surface area contributed by atoms with Gasteiger partial charge in [-0.1, -0.05) is 24.4 Å². The van der Waals surface area contributed by atoms with Crippen LogP contribution in [-0.4, -0.2) is 37.0 Å². The fourth-order valence-electron chi connectivity index (χ4n) is 2.54. The molecule has 0 radical (unpaired) electrons. The highest BCUT2D eigenvalue weighted by atomic mass is 35.5. The largest absolute Gasteiger partial charge is 0.389 e. The smallest absolute Gasteiger partial charge is 0.244 e. The first-order valence-corrected chi connectivity index (χ1v) is 8.20. The second-order valence-corrected chi connectivity index (χ2v) is 7.69. The summed E-state index contributed by atoms with van der Waals surface area (Å²) in [7, 11) is -2.44. The highest BCUT2D eigenvalue weighted by Crippen LogP contribution is 2.32. The standard InChI is InChI=1S/C13H17ClFNO3S/c1-16(9-13(17)6-2-3-7-13)20(18,19)12-5-4-10(15)8-11(12)14/h4-5,8,17H,2-3,6-7,9H2,1H3. The predicted molar refractivity (Wildman–Crippen MR) is 74.6 cm³/mol. The summed E-state index contributed by atoms with van der Waals surface area (Å²) < 4.78 is 38.9. The van der Waals surface area contributed by atoms with Crippen LogP contribution in [0.1, 0.15) is 25.7 Å². The van der Waals surface area contributed by atoms with Crippen LogP contribution in [0.2, 0.25) is 5.02 Å². The van der Waals surface area contributed by atoms with E-state index in [4.69, 9.17) is 11.6 Å². The highest BCUT2D eigenvalue weighted by molar-refractivity contribution is 7.89. The topological polar surface area (TPSA) is 57.6 Å². The molecule has 0 aliphatic heterocycles. The summed E-state index contributed by atoms with van der Waals surface area (Å²) in [4.78, 5) is -0.148. The van der Waals surface area contributed by atoms with Crippen LogP contribution in [0.4, 0.5) is 4.39 Å². The molecule has 1 aliphatic carbocycles. The molecule has 0 unspecified atom stereocenters. The van der Waals surface area contributed by atoms with E-state index in [9.17, 15) is 17.9 Å². The van der Waals surface area contributed by atoms with Crippen molar-refractivity contribution in [3.05, 3.63) is 29.0 Å². The van der Waals surface area contributed by atoms with Gasteiger partial charge in [0.05, 0.1) is 10.6 Å². The van der Waals surface area contributed by atoms with E-state index in [1.54, 1.807) is 0 Å². The van der Waals surface area contributed by atoms with Crippen LogP contribution in [-0.2, 0) is 10.0 Å². The Hall–Kier alpha value is -0.690. The second kappa shape index (κ2) is 5.60. The SMILES string of the molecule is CN(CC1(O)CCCC1)S(=O)(=O)c1ccc(F)cc1Cl. The molecule has 0 saturated heterocycles. The first-order valence-electron chi connectivity index (χ1n) is 6.38. The molecule has 4 nitrogen and oxygen atoms in total. The van der Waals surface area contributed by atoms with Gasteiger partial charge in [-0.3, -0.25) is 0 Å². The minimum atomic E-state index is -3.84. The number of nitrogens with zero attached hydrogens (tertiary/aromatic N) is 1. The van der Waals surface area contributed by atoms with Gasteiger partial charge < -0.3 is 5.11 Å². The molecule has 1 saturated carbocycles. The third-order valence-electron chi connectivity index (χ3n) is 3.63. The van der Waals surface area contributed by atoms with Gasteiger partial charge in [-0.2, -0.15) is 4.31 Å². The summed E-state index contributed by atoms with van der Waals surface area (Å²) in [6.07, 6.45) is 2.96. The maximum Gasteiger partial charge on any atom is 0.244 e. The fourth-order valence-corrected chi connectivity index (χ4v) is 4.29. The van der Waals surface area contributed by atoms with Gasteiger partial charge in [-0.15, -0.1) is 0 Å². The molecule has 0 atom stereocenters. The Balaban J connectivity index is 2.25. The molecule has 7 heteroatoms. The number of hydrogen-bond donors (Lipinski definition) is 1. The van der Waals surface area contributed by atoms with E-state index < -0.39 is 21.4 Å². The van der Waals surface area contributed by atoms with Crippen molar-refractivity contribution in [2.75, 3.05) is 13.6 Å². The van der Waals surface area contributed by atoms with Crippen molar-refractivity contribution in [1.29, 1.82) is 0 Å². The number of benzene rings is 1. The second-order valence-electron chi connectivity index (χ2n) is 5.27. The van der Waals surface area contributed by atoms with E-state index in [1.807, 2.05) is 0 Å². The lowest BCUT2D eigenvalue weighted by Crippen LogP contribution is -2.42. The van der Waals surface area contributed by atoms with Crippen molar-refractivity contribution in [1.82, 2.24) is 4.31 Å². The van der Waals surface area contributed by atoms with Crippen molar-refractivity contribution in [2.45, 2.75) is 36.2 Å². The van der Waals surface area contributed by atoms with Gasteiger partial charge in [-0.25, -0.2) is 12.8 Å². The van der Waals surface area contributed by atoms with Gasteiger partial charge in [0.1, 0.15) is 10.7 Å². The highest BCUT2D eigenvalue weighted by Gasteiger charge is 2.36. The number of hydrogen-bond acceptors (Lipinski definition) is 3. The summed E-state index contributed by atoms with van der Waals surface area (Å²) in [5, 5.41) is 10.1. The van der Waals surface area contributed by atoms with Crippen molar-refractivity contribution < 1.29 is 17.9 Å². The monoisotopic (exact) mass is 321 g/mol. The number of sulfonamides is 1. The molecule has 1 aromatic rings. The summed E-state index contributed by atoms with van der Waals surface area (Å²) >= 11 is 5.80. The Kier molecular flexibility index (Phi) is 4.39. The average molecular weight is 322 g/mol. The normalized spacial score (nSPS) is 18.6. The molecule has 0 bridgehead atoms. The van der Waals surface area contributed by atoms with Gasteiger partial charge in [0, 0.05) is 13.6 Å². The van der Waals surface area contributed by atoms with E-state index in [1.165, 1.54) is 7.05 Å². The van der Waals surface area contributed by atoms with Crippen LogP contribution in [0.3, 0.4) is 0 Å². The van der Waals surface area contributed by atoms with Crippen LogP contribution in [0.15, 0.2) is 23.1 Å². The summed E-state index contributed by atoms with van der Waals surface area (Å²) in [5.74, 6) is -0.592. The lowest BCUT2D eigenvalue weighted by molar-refractivity contribution is 0.0333. The molecule has 0 aromatic heterocycles. The van der Waals surface area contributed by atoms with Gasteiger partial charge in [0.2, 0.25) is 10.0 Å². The quantitative estimate of drug-likeness (QED) is 0.926. The predicted octanol–water partition coefficient (Wildman–Crippen LogP) is 2.40. The number of aliphatic hydroxyl groups is 1. The minimum absolute atomic E-state index is 0.0169. The Morgan fingerprint density at radius 2 is 2.00 bits per heavy atom. The van der Waals surface area contributed by atoms with Crippen LogP contribution >= 0.6 is 11.6 Å². The summed E-state index contributed by atoms with van der Waals surface area (Å²) in [6, 6.07) is 3.16. The molecule has 1 aliphatic rings. The Labute approximate surface area is 123 Å². The molecule has 0 spiro atoms. The van der Waals surface area contributed by atoms with Crippen LogP contribution in [0.5, 0.6) is 0 Å². The van der Waals surface area contributed by atoms with Crippen molar-refractivity contribution in [2.24, 2.45) is 0 Å². The third-order valence-corrected chi connectivity index (χ3v) is 5.92. The molecular formula is C13H17ClFNO3S. The average Bonchev–Trinajstić information content (AvgIpc) is 2.75. The van der Waals surface area contributed by atoms with E-state index >= 15 is 0 Å².